The SMILES string of the molecule is C1=Cc2ccccc2-c2ccccc2C1.[HH]. The predicted octanol–water partition coefficient (Wildman–Crippen LogP) is 4.17. The van der Waals surface area contributed by atoms with Gasteiger partial charge in [-0.2, -0.15) is 0 Å². The van der Waals surface area contributed by atoms with Gasteiger partial charge in [0.1, 0.15) is 0 Å². The molecule has 0 N–H and O–H groups in total. The number of allylic oxidation sites excluding steroid dienone is 1. The Morgan fingerprint density at radius 3 is 2.47 bits per heavy atom. The molecule has 0 heteroatoms. The lowest BCUT2D eigenvalue weighted by molar-refractivity contribution is 1.29. The van der Waals surface area contributed by atoms with Crippen LogP contribution in [0.25, 0.3) is 17.2 Å². The lowest BCUT2D eigenvalue weighted by atomic mass is 9.97. The molecular weight excluding hydrogens is 180 g/mol. The molecule has 0 bridgehead atoms. The van der Waals surface area contributed by atoms with Crippen molar-refractivity contribution in [3.8, 4) is 11.1 Å². The summed E-state index contributed by atoms with van der Waals surface area (Å²) in [4.78, 5) is 0. The van der Waals surface area contributed by atoms with E-state index in [2.05, 4.69) is 60.7 Å². The van der Waals surface area contributed by atoms with E-state index in [9.17, 15) is 0 Å². The minimum Gasteiger partial charge on any atom is -0.0795 e. The Kier molecular flexibility index (Phi) is 1.92. The molecule has 0 heterocycles. The highest BCUT2D eigenvalue weighted by atomic mass is 14.1. The molecule has 0 aromatic heterocycles. The minimum absolute atomic E-state index is 0. The lowest BCUT2D eigenvalue weighted by Crippen LogP contribution is -1.86. The monoisotopic (exact) mass is 194 g/mol. The zero-order chi connectivity index (χ0) is 10.1. The standard InChI is InChI=1S/C15H12.H2/c1-3-10-14-12(6-1)8-5-9-13-7-2-4-11-15(13)14;/h1-8,10-11H,9H2;1H. The van der Waals surface area contributed by atoms with Gasteiger partial charge in [0.15, 0.2) is 0 Å². The van der Waals surface area contributed by atoms with E-state index >= 15 is 0 Å². The number of hydrogen-bond donors (Lipinski definition) is 0. The molecule has 2 aromatic carbocycles. The molecule has 0 amide bonds. The molecule has 3 rings (SSSR count). The minimum atomic E-state index is 0. The Labute approximate surface area is 91.4 Å². The summed E-state index contributed by atoms with van der Waals surface area (Å²) in [5, 5.41) is 0. The summed E-state index contributed by atoms with van der Waals surface area (Å²) >= 11 is 0. The maximum atomic E-state index is 2.24. The molecule has 1 aliphatic carbocycles. The molecular formula is C15H14. The number of benzene rings is 2. The van der Waals surface area contributed by atoms with Gasteiger partial charge in [-0.3, -0.25) is 0 Å². The number of fused-ring (bicyclic) bond motifs is 3. The van der Waals surface area contributed by atoms with Crippen molar-refractivity contribution in [2.75, 3.05) is 0 Å². The summed E-state index contributed by atoms with van der Waals surface area (Å²) in [6.07, 6.45) is 5.49. The van der Waals surface area contributed by atoms with Crippen LogP contribution in [0.1, 0.15) is 12.6 Å². The first-order valence-electron chi connectivity index (χ1n) is 5.29. The fraction of sp³-hybridized carbons (Fsp3) is 0.0667. The zero-order valence-electron chi connectivity index (χ0n) is 8.48. The lowest BCUT2D eigenvalue weighted by Gasteiger charge is -2.07. The van der Waals surface area contributed by atoms with Crippen molar-refractivity contribution in [3.63, 3.8) is 0 Å². The Bertz CT molecular complexity index is 526. The van der Waals surface area contributed by atoms with Crippen LogP contribution in [-0.2, 0) is 6.42 Å². The molecule has 1 aliphatic rings. The first-order chi connectivity index (χ1) is 7.45. The second-order valence-corrected chi connectivity index (χ2v) is 3.85. The molecule has 0 aliphatic heterocycles. The topological polar surface area (TPSA) is 0 Å². The Balaban J connectivity index is 0.000000963. The average Bonchev–Trinajstić information content (AvgIpc) is 2.48. The van der Waals surface area contributed by atoms with Gasteiger partial charge < -0.3 is 0 Å². The van der Waals surface area contributed by atoms with Crippen molar-refractivity contribution in [2.45, 2.75) is 6.42 Å². The zero-order valence-corrected chi connectivity index (χ0v) is 8.48. The van der Waals surface area contributed by atoms with Crippen molar-refractivity contribution in [1.29, 1.82) is 0 Å². The Hall–Kier alpha value is -1.82. The molecule has 2 aromatic rings. The van der Waals surface area contributed by atoms with Gasteiger partial charge in [-0.15, -0.1) is 0 Å². The second kappa shape index (κ2) is 3.39. The highest BCUT2D eigenvalue weighted by Crippen LogP contribution is 2.30. The van der Waals surface area contributed by atoms with Gasteiger partial charge in [-0.05, 0) is 28.7 Å². The van der Waals surface area contributed by atoms with E-state index < -0.39 is 0 Å². The first-order valence-corrected chi connectivity index (χ1v) is 5.29. The molecule has 0 unspecified atom stereocenters. The maximum Gasteiger partial charge on any atom is 0 e. The summed E-state index contributed by atoms with van der Waals surface area (Å²) in [5.41, 5.74) is 5.46. The molecule has 0 fully saturated rings. The van der Waals surface area contributed by atoms with Crippen LogP contribution in [0.4, 0.5) is 0 Å². The first kappa shape index (κ1) is 8.49. The van der Waals surface area contributed by atoms with E-state index in [1.54, 1.807) is 0 Å². The third-order valence-corrected chi connectivity index (χ3v) is 2.90. The predicted molar refractivity (Wildman–Crippen MR) is 66.7 cm³/mol. The summed E-state index contributed by atoms with van der Waals surface area (Å²) in [6.45, 7) is 0. The smallest absolute Gasteiger partial charge is 0 e. The molecule has 0 saturated carbocycles. The fourth-order valence-electron chi connectivity index (χ4n) is 2.16. The third-order valence-electron chi connectivity index (χ3n) is 2.90. The van der Waals surface area contributed by atoms with Gasteiger partial charge in [0, 0.05) is 1.43 Å². The molecule has 0 atom stereocenters. The summed E-state index contributed by atoms with van der Waals surface area (Å²) in [7, 11) is 0. The van der Waals surface area contributed by atoms with Crippen LogP contribution in [0, 0.1) is 0 Å². The van der Waals surface area contributed by atoms with E-state index in [1.165, 1.54) is 22.3 Å². The van der Waals surface area contributed by atoms with Gasteiger partial charge in [0.2, 0.25) is 0 Å². The molecule has 0 radical (unpaired) electrons. The molecule has 0 nitrogen and oxygen atoms in total. The van der Waals surface area contributed by atoms with Crippen LogP contribution in [0.2, 0.25) is 0 Å². The summed E-state index contributed by atoms with van der Waals surface area (Å²) < 4.78 is 0. The third kappa shape index (κ3) is 1.39. The maximum absolute atomic E-state index is 2.24. The largest absolute Gasteiger partial charge is 0.0795 e. The van der Waals surface area contributed by atoms with Crippen LogP contribution >= 0.6 is 0 Å². The van der Waals surface area contributed by atoms with Crippen LogP contribution in [0.15, 0.2) is 54.6 Å². The van der Waals surface area contributed by atoms with Crippen LogP contribution < -0.4 is 0 Å². The van der Waals surface area contributed by atoms with Gasteiger partial charge >= 0.3 is 0 Å². The molecule has 15 heavy (non-hydrogen) atoms. The van der Waals surface area contributed by atoms with Crippen molar-refractivity contribution in [1.82, 2.24) is 0 Å². The summed E-state index contributed by atoms with van der Waals surface area (Å²) in [6, 6.07) is 17.2. The van der Waals surface area contributed by atoms with Crippen molar-refractivity contribution >= 4 is 6.08 Å². The average molecular weight is 194 g/mol. The Morgan fingerprint density at radius 1 is 0.800 bits per heavy atom. The van der Waals surface area contributed by atoms with E-state index in [1.807, 2.05) is 0 Å². The van der Waals surface area contributed by atoms with E-state index in [4.69, 9.17) is 0 Å². The van der Waals surface area contributed by atoms with Crippen LogP contribution in [0.5, 0.6) is 0 Å². The van der Waals surface area contributed by atoms with Gasteiger partial charge in [0.05, 0.1) is 0 Å². The molecule has 0 saturated heterocycles. The van der Waals surface area contributed by atoms with Crippen LogP contribution in [-0.4, -0.2) is 0 Å². The van der Waals surface area contributed by atoms with Crippen molar-refractivity contribution in [3.05, 3.63) is 65.7 Å². The van der Waals surface area contributed by atoms with Gasteiger partial charge in [-0.25, -0.2) is 0 Å². The number of rotatable bonds is 0. The second-order valence-electron chi connectivity index (χ2n) is 3.85. The van der Waals surface area contributed by atoms with Gasteiger partial charge in [0.25, 0.3) is 0 Å². The van der Waals surface area contributed by atoms with Crippen molar-refractivity contribution < 1.29 is 1.43 Å². The highest BCUT2D eigenvalue weighted by Gasteiger charge is 2.08. The molecule has 74 valence electrons. The highest BCUT2D eigenvalue weighted by molar-refractivity contribution is 5.79. The van der Waals surface area contributed by atoms with Crippen LogP contribution in [0.3, 0.4) is 0 Å². The number of hydrogen-bond acceptors (Lipinski definition) is 0. The molecule has 0 spiro atoms. The fourth-order valence-corrected chi connectivity index (χ4v) is 2.16. The van der Waals surface area contributed by atoms with E-state index in [-0.39, 0.29) is 1.43 Å². The summed E-state index contributed by atoms with van der Waals surface area (Å²) in [5.74, 6) is 0. The van der Waals surface area contributed by atoms with E-state index in [0.29, 0.717) is 0 Å². The van der Waals surface area contributed by atoms with Gasteiger partial charge in [-0.1, -0.05) is 60.7 Å². The van der Waals surface area contributed by atoms with E-state index in [0.717, 1.165) is 6.42 Å². The quantitative estimate of drug-likeness (QED) is 0.590. The Morgan fingerprint density at radius 2 is 1.53 bits per heavy atom. The normalized spacial score (nSPS) is 12.8. The van der Waals surface area contributed by atoms with Crippen molar-refractivity contribution in [2.24, 2.45) is 0 Å².